The summed E-state index contributed by atoms with van der Waals surface area (Å²) in [4.78, 5) is 52.9. The fraction of sp³-hybridized carbons (Fsp3) is 0.350. The minimum Gasteiger partial charge on any atom is -0.324 e. The molecular formula is C20H20N4O5S. The van der Waals surface area contributed by atoms with E-state index >= 15 is 0 Å². The molecule has 30 heavy (non-hydrogen) atoms. The first kappa shape index (κ1) is 20.0. The molecule has 10 heteroatoms. The standard InChI is InChI=1S/C20H20N4O5S/c1-10-3-6-13-15(7-10)30-18-17(13)19(26)23(20(27)22-18)9-16(25)21-14-8-12(24(28)29)5-4-11(14)2/h4-5,8,10H,3,6-7,9H2,1-2H3,(H,21,25)(H,22,27). The number of aryl methyl sites for hydroxylation is 2. The lowest BCUT2D eigenvalue weighted by Gasteiger charge is -2.17. The predicted octanol–water partition coefficient (Wildman–Crippen LogP) is 2.73. The van der Waals surface area contributed by atoms with Gasteiger partial charge >= 0.3 is 5.69 Å². The number of nitro groups is 1. The van der Waals surface area contributed by atoms with E-state index in [1.54, 1.807) is 6.92 Å². The Morgan fingerprint density at radius 2 is 2.17 bits per heavy atom. The lowest BCUT2D eigenvalue weighted by atomic mass is 9.89. The number of nitrogens with zero attached hydrogens (tertiary/aromatic N) is 2. The number of carbonyl (C=O) groups excluding carboxylic acids is 1. The first-order valence-electron chi connectivity index (χ1n) is 9.57. The van der Waals surface area contributed by atoms with Gasteiger partial charge < -0.3 is 5.32 Å². The maximum atomic E-state index is 13.0. The van der Waals surface area contributed by atoms with Crippen molar-refractivity contribution in [3.8, 4) is 0 Å². The van der Waals surface area contributed by atoms with Crippen molar-refractivity contribution in [2.24, 2.45) is 5.92 Å². The average molecular weight is 428 g/mol. The van der Waals surface area contributed by atoms with E-state index < -0.39 is 28.6 Å². The van der Waals surface area contributed by atoms with Crippen molar-refractivity contribution in [1.82, 2.24) is 9.55 Å². The topological polar surface area (TPSA) is 127 Å². The van der Waals surface area contributed by atoms with Gasteiger partial charge in [-0.25, -0.2) is 4.79 Å². The number of hydrogen-bond donors (Lipinski definition) is 2. The molecule has 9 nitrogen and oxygen atoms in total. The molecule has 2 aromatic heterocycles. The van der Waals surface area contributed by atoms with Crippen LogP contribution < -0.4 is 16.6 Å². The van der Waals surface area contributed by atoms with Crippen molar-refractivity contribution < 1.29 is 9.72 Å². The molecule has 2 N–H and O–H groups in total. The zero-order valence-corrected chi connectivity index (χ0v) is 17.3. The van der Waals surface area contributed by atoms with Gasteiger partial charge in [-0.05, 0) is 43.2 Å². The number of rotatable bonds is 4. The van der Waals surface area contributed by atoms with Gasteiger partial charge in [-0.1, -0.05) is 13.0 Å². The lowest BCUT2D eigenvalue weighted by Crippen LogP contribution is -2.38. The number of H-pyrrole nitrogens is 1. The van der Waals surface area contributed by atoms with Crippen LogP contribution in [0.2, 0.25) is 0 Å². The van der Waals surface area contributed by atoms with Gasteiger partial charge in [0.15, 0.2) is 0 Å². The van der Waals surface area contributed by atoms with Crippen molar-refractivity contribution in [2.45, 2.75) is 39.7 Å². The summed E-state index contributed by atoms with van der Waals surface area (Å²) >= 11 is 1.43. The summed E-state index contributed by atoms with van der Waals surface area (Å²) in [5.41, 5.74) is 0.578. The molecule has 1 aliphatic carbocycles. The molecule has 0 radical (unpaired) electrons. The molecule has 1 aromatic carbocycles. The molecular weight excluding hydrogens is 408 g/mol. The van der Waals surface area contributed by atoms with Crippen LogP contribution in [-0.4, -0.2) is 20.4 Å². The van der Waals surface area contributed by atoms with Crippen LogP contribution in [0, 0.1) is 23.0 Å². The Balaban J connectivity index is 1.67. The van der Waals surface area contributed by atoms with E-state index in [9.17, 15) is 24.5 Å². The predicted molar refractivity (Wildman–Crippen MR) is 114 cm³/mol. The Morgan fingerprint density at radius 3 is 2.90 bits per heavy atom. The third-order valence-corrected chi connectivity index (χ3v) is 6.61. The van der Waals surface area contributed by atoms with Crippen LogP contribution >= 0.6 is 11.3 Å². The summed E-state index contributed by atoms with van der Waals surface area (Å²) in [6.45, 7) is 3.38. The number of aromatic amines is 1. The van der Waals surface area contributed by atoms with Gasteiger partial charge in [-0.3, -0.25) is 29.3 Å². The van der Waals surface area contributed by atoms with Crippen molar-refractivity contribution in [3.05, 3.63) is 65.2 Å². The first-order valence-corrected chi connectivity index (χ1v) is 10.4. The highest BCUT2D eigenvalue weighted by Gasteiger charge is 2.24. The number of benzene rings is 1. The van der Waals surface area contributed by atoms with Gasteiger partial charge in [-0.15, -0.1) is 11.3 Å². The van der Waals surface area contributed by atoms with Gasteiger partial charge in [0.25, 0.3) is 11.2 Å². The third kappa shape index (κ3) is 3.54. The Labute approximate surface area is 174 Å². The van der Waals surface area contributed by atoms with Crippen LogP contribution in [0.1, 0.15) is 29.3 Å². The molecule has 3 aromatic rings. The summed E-state index contributed by atoms with van der Waals surface area (Å²) in [7, 11) is 0. The number of hydrogen-bond acceptors (Lipinski definition) is 6. The number of anilines is 1. The smallest absolute Gasteiger partial charge is 0.324 e. The molecule has 1 amide bonds. The number of nitrogens with one attached hydrogen (secondary N) is 2. The Morgan fingerprint density at radius 1 is 1.40 bits per heavy atom. The highest BCUT2D eigenvalue weighted by atomic mass is 32.1. The molecule has 156 valence electrons. The zero-order valence-electron chi connectivity index (χ0n) is 16.5. The Bertz CT molecular complexity index is 1300. The molecule has 1 unspecified atom stereocenters. The van der Waals surface area contributed by atoms with Crippen LogP contribution in [0.5, 0.6) is 0 Å². The highest BCUT2D eigenvalue weighted by molar-refractivity contribution is 7.18. The zero-order chi connectivity index (χ0) is 21.6. The Hall–Kier alpha value is -3.27. The van der Waals surface area contributed by atoms with Crippen LogP contribution in [0.15, 0.2) is 27.8 Å². The molecule has 0 saturated carbocycles. The lowest BCUT2D eigenvalue weighted by molar-refractivity contribution is -0.384. The Kier molecular flexibility index (Phi) is 5.02. The van der Waals surface area contributed by atoms with Crippen LogP contribution in [-0.2, 0) is 24.2 Å². The molecule has 0 aliphatic heterocycles. The number of fused-ring (bicyclic) bond motifs is 3. The summed E-state index contributed by atoms with van der Waals surface area (Å²) < 4.78 is 0.884. The molecule has 4 rings (SSSR count). The SMILES string of the molecule is Cc1ccc([N+](=O)[O-])cc1NC(=O)Cn1c(=O)[nH]c2sc3c(c2c1=O)CCC(C)C3. The number of nitro benzene ring substituents is 1. The second-order valence-electron chi connectivity index (χ2n) is 7.68. The second-order valence-corrected chi connectivity index (χ2v) is 8.79. The number of thiophene rings is 1. The number of amides is 1. The summed E-state index contributed by atoms with van der Waals surface area (Å²) in [5.74, 6) is -0.0771. The minimum atomic E-state index is -0.648. The van der Waals surface area contributed by atoms with Crippen molar-refractivity contribution >= 4 is 38.8 Å². The molecule has 0 fully saturated rings. The van der Waals surface area contributed by atoms with E-state index in [4.69, 9.17) is 0 Å². The van der Waals surface area contributed by atoms with E-state index in [0.29, 0.717) is 21.7 Å². The molecule has 2 heterocycles. The number of carbonyl (C=O) groups is 1. The first-order chi connectivity index (χ1) is 14.2. The van der Waals surface area contributed by atoms with Crippen LogP contribution in [0.4, 0.5) is 11.4 Å². The van der Waals surface area contributed by atoms with Gasteiger partial charge in [0.1, 0.15) is 11.4 Å². The number of non-ortho nitro benzene ring substituents is 1. The maximum Gasteiger partial charge on any atom is 0.329 e. The highest BCUT2D eigenvalue weighted by Crippen LogP contribution is 2.35. The summed E-state index contributed by atoms with van der Waals surface area (Å²) in [5, 5.41) is 14.0. The largest absolute Gasteiger partial charge is 0.329 e. The third-order valence-electron chi connectivity index (χ3n) is 5.44. The van der Waals surface area contributed by atoms with Crippen LogP contribution in [0.25, 0.3) is 10.2 Å². The second kappa shape index (κ2) is 7.52. The molecule has 0 saturated heterocycles. The minimum absolute atomic E-state index is 0.161. The molecule has 0 bridgehead atoms. The van der Waals surface area contributed by atoms with Crippen molar-refractivity contribution in [1.29, 1.82) is 0 Å². The number of aromatic nitrogens is 2. The molecule has 0 spiro atoms. The van der Waals surface area contributed by atoms with E-state index in [2.05, 4.69) is 17.2 Å². The summed E-state index contributed by atoms with van der Waals surface area (Å²) in [6, 6.07) is 4.12. The van der Waals surface area contributed by atoms with E-state index in [1.165, 1.54) is 29.5 Å². The van der Waals surface area contributed by atoms with Crippen LogP contribution in [0.3, 0.4) is 0 Å². The van der Waals surface area contributed by atoms with E-state index in [-0.39, 0.29) is 11.4 Å². The maximum absolute atomic E-state index is 13.0. The van der Waals surface area contributed by atoms with E-state index in [1.807, 2.05) is 0 Å². The van der Waals surface area contributed by atoms with Crippen molar-refractivity contribution in [2.75, 3.05) is 5.32 Å². The normalized spacial score (nSPS) is 15.7. The molecule has 1 aliphatic rings. The average Bonchev–Trinajstić information content (AvgIpc) is 3.03. The van der Waals surface area contributed by atoms with E-state index in [0.717, 1.165) is 34.3 Å². The molecule has 1 atom stereocenters. The van der Waals surface area contributed by atoms with Gasteiger partial charge in [0, 0.05) is 17.0 Å². The van der Waals surface area contributed by atoms with Gasteiger partial charge in [0.05, 0.1) is 16.0 Å². The van der Waals surface area contributed by atoms with Gasteiger partial charge in [0.2, 0.25) is 5.91 Å². The van der Waals surface area contributed by atoms with Gasteiger partial charge in [-0.2, -0.15) is 0 Å². The van der Waals surface area contributed by atoms with Crippen molar-refractivity contribution in [3.63, 3.8) is 0 Å². The fourth-order valence-electron chi connectivity index (χ4n) is 3.79. The fourth-order valence-corrected chi connectivity index (χ4v) is 5.18. The summed E-state index contributed by atoms with van der Waals surface area (Å²) in [6.07, 6.45) is 2.63. The monoisotopic (exact) mass is 428 g/mol. The quantitative estimate of drug-likeness (QED) is 0.488.